The van der Waals surface area contributed by atoms with Gasteiger partial charge in [-0.1, -0.05) is 6.92 Å². The van der Waals surface area contributed by atoms with Crippen LogP contribution in [0.1, 0.15) is 49.3 Å². The Kier molecular flexibility index (Phi) is 3.44. The van der Waals surface area contributed by atoms with Crippen LogP contribution < -0.4 is 5.32 Å². The molecule has 0 amide bonds. The largest absolute Gasteiger partial charge is 0.360 e. The Morgan fingerprint density at radius 2 is 2.16 bits per heavy atom. The summed E-state index contributed by atoms with van der Waals surface area (Å²) in [5, 5.41) is 3.51. The SMILES string of the molecule is CCC(Nc1ncnc2c1CCCC2)c1ncc[nH]1. The van der Waals surface area contributed by atoms with Crippen molar-refractivity contribution in [3.05, 3.63) is 35.8 Å². The quantitative estimate of drug-likeness (QED) is 0.883. The minimum Gasteiger partial charge on any atom is -0.360 e. The summed E-state index contributed by atoms with van der Waals surface area (Å²) in [6.45, 7) is 2.15. The van der Waals surface area contributed by atoms with E-state index in [1.54, 1.807) is 12.5 Å². The molecule has 5 nitrogen and oxygen atoms in total. The lowest BCUT2D eigenvalue weighted by Gasteiger charge is -2.21. The first kappa shape index (κ1) is 12.1. The van der Waals surface area contributed by atoms with Crippen molar-refractivity contribution in [3.63, 3.8) is 0 Å². The second-order valence-electron chi connectivity index (χ2n) is 4.93. The molecule has 0 aliphatic heterocycles. The van der Waals surface area contributed by atoms with Gasteiger partial charge in [-0.2, -0.15) is 0 Å². The Morgan fingerprint density at radius 1 is 1.26 bits per heavy atom. The van der Waals surface area contributed by atoms with Gasteiger partial charge in [-0.15, -0.1) is 0 Å². The fourth-order valence-corrected chi connectivity index (χ4v) is 2.64. The molecule has 0 bridgehead atoms. The molecular formula is C14H19N5. The number of aromatic amines is 1. The summed E-state index contributed by atoms with van der Waals surface area (Å²) in [7, 11) is 0. The monoisotopic (exact) mass is 257 g/mol. The Hall–Kier alpha value is -1.91. The minimum atomic E-state index is 0.177. The van der Waals surface area contributed by atoms with Gasteiger partial charge in [-0.25, -0.2) is 15.0 Å². The van der Waals surface area contributed by atoms with E-state index in [9.17, 15) is 0 Å². The molecule has 2 aromatic heterocycles. The molecule has 0 fully saturated rings. The summed E-state index contributed by atoms with van der Waals surface area (Å²) in [5.74, 6) is 1.94. The number of H-pyrrole nitrogens is 1. The van der Waals surface area contributed by atoms with Gasteiger partial charge in [-0.3, -0.25) is 0 Å². The van der Waals surface area contributed by atoms with Gasteiger partial charge in [0.2, 0.25) is 0 Å². The van der Waals surface area contributed by atoms with Crippen LogP contribution in [0, 0.1) is 0 Å². The molecule has 0 radical (unpaired) electrons. The first-order valence-corrected chi connectivity index (χ1v) is 6.97. The molecule has 19 heavy (non-hydrogen) atoms. The van der Waals surface area contributed by atoms with E-state index in [1.165, 1.54) is 24.1 Å². The maximum absolute atomic E-state index is 4.43. The number of hydrogen-bond acceptors (Lipinski definition) is 4. The zero-order valence-electron chi connectivity index (χ0n) is 11.2. The van der Waals surface area contributed by atoms with Gasteiger partial charge in [0.25, 0.3) is 0 Å². The number of nitrogens with one attached hydrogen (secondary N) is 2. The number of hydrogen-bond donors (Lipinski definition) is 2. The highest BCUT2D eigenvalue weighted by atomic mass is 15.1. The van der Waals surface area contributed by atoms with Crippen molar-refractivity contribution in [2.24, 2.45) is 0 Å². The third-order valence-corrected chi connectivity index (χ3v) is 3.69. The molecule has 0 aromatic carbocycles. The van der Waals surface area contributed by atoms with E-state index in [2.05, 4.69) is 32.2 Å². The second-order valence-corrected chi connectivity index (χ2v) is 4.93. The predicted molar refractivity (Wildman–Crippen MR) is 73.9 cm³/mol. The number of imidazole rings is 1. The molecule has 1 aliphatic rings. The summed E-state index contributed by atoms with van der Waals surface area (Å²) in [4.78, 5) is 16.3. The summed E-state index contributed by atoms with van der Waals surface area (Å²) in [5.41, 5.74) is 2.50. The van der Waals surface area contributed by atoms with Gasteiger partial charge in [0, 0.05) is 23.7 Å². The van der Waals surface area contributed by atoms with Crippen molar-refractivity contribution in [2.45, 2.75) is 45.1 Å². The average molecular weight is 257 g/mol. The number of rotatable bonds is 4. The molecule has 5 heteroatoms. The molecule has 2 heterocycles. The number of aryl methyl sites for hydroxylation is 1. The standard InChI is InChI=1S/C14H19N5/c1-2-11(14-15-7-8-16-14)19-13-10-5-3-4-6-12(10)17-9-18-13/h7-9,11H,2-6H2,1H3,(H,15,16)(H,17,18,19). The fraction of sp³-hybridized carbons (Fsp3) is 0.500. The lowest BCUT2D eigenvalue weighted by molar-refractivity contribution is 0.653. The maximum atomic E-state index is 4.43. The van der Waals surface area contributed by atoms with Gasteiger partial charge in [0.05, 0.1) is 6.04 Å². The van der Waals surface area contributed by atoms with E-state index >= 15 is 0 Å². The fourth-order valence-electron chi connectivity index (χ4n) is 2.64. The molecule has 1 unspecified atom stereocenters. The van der Waals surface area contributed by atoms with Gasteiger partial charge in [0.1, 0.15) is 18.0 Å². The molecule has 1 atom stereocenters. The van der Waals surface area contributed by atoms with Gasteiger partial charge >= 0.3 is 0 Å². The number of nitrogens with zero attached hydrogens (tertiary/aromatic N) is 3. The van der Waals surface area contributed by atoms with E-state index in [1.807, 2.05) is 6.20 Å². The van der Waals surface area contributed by atoms with Crippen LogP contribution in [0.15, 0.2) is 18.7 Å². The van der Waals surface area contributed by atoms with E-state index in [4.69, 9.17) is 0 Å². The van der Waals surface area contributed by atoms with Crippen molar-refractivity contribution < 1.29 is 0 Å². The summed E-state index contributed by atoms with van der Waals surface area (Å²) >= 11 is 0. The first-order valence-electron chi connectivity index (χ1n) is 6.97. The van der Waals surface area contributed by atoms with E-state index in [-0.39, 0.29) is 6.04 Å². The van der Waals surface area contributed by atoms with Crippen LogP contribution in [0.2, 0.25) is 0 Å². The molecule has 0 saturated carbocycles. The van der Waals surface area contributed by atoms with Crippen LogP contribution in [-0.4, -0.2) is 19.9 Å². The Bertz CT molecular complexity index is 535. The molecule has 100 valence electrons. The van der Waals surface area contributed by atoms with Crippen LogP contribution in [0.25, 0.3) is 0 Å². The molecule has 0 saturated heterocycles. The molecule has 0 spiro atoms. The van der Waals surface area contributed by atoms with Crippen LogP contribution >= 0.6 is 0 Å². The summed E-state index contributed by atoms with van der Waals surface area (Å²) in [6, 6.07) is 0.177. The molecule has 2 N–H and O–H groups in total. The van der Waals surface area contributed by atoms with Crippen molar-refractivity contribution in [1.29, 1.82) is 0 Å². The Labute approximate surface area is 112 Å². The molecule has 1 aliphatic carbocycles. The highest BCUT2D eigenvalue weighted by Crippen LogP contribution is 2.27. The van der Waals surface area contributed by atoms with Gasteiger partial charge in [0.15, 0.2) is 0 Å². The lowest BCUT2D eigenvalue weighted by atomic mass is 9.96. The minimum absolute atomic E-state index is 0.177. The van der Waals surface area contributed by atoms with Crippen molar-refractivity contribution >= 4 is 5.82 Å². The first-order chi connectivity index (χ1) is 9.38. The topological polar surface area (TPSA) is 66.5 Å². The van der Waals surface area contributed by atoms with E-state index in [0.717, 1.165) is 30.9 Å². The second kappa shape index (κ2) is 5.38. The molecular weight excluding hydrogens is 238 g/mol. The normalized spacial score (nSPS) is 15.8. The third-order valence-electron chi connectivity index (χ3n) is 3.69. The highest BCUT2D eigenvalue weighted by Gasteiger charge is 2.18. The van der Waals surface area contributed by atoms with Crippen LogP contribution in [0.3, 0.4) is 0 Å². The van der Waals surface area contributed by atoms with Crippen LogP contribution in [0.4, 0.5) is 5.82 Å². The number of aromatic nitrogens is 4. The molecule has 2 aromatic rings. The predicted octanol–water partition coefficient (Wildman–Crippen LogP) is 2.64. The van der Waals surface area contributed by atoms with Crippen molar-refractivity contribution in [3.8, 4) is 0 Å². The van der Waals surface area contributed by atoms with E-state index < -0.39 is 0 Å². The maximum Gasteiger partial charge on any atom is 0.133 e. The zero-order chi connectivity index (χ0) is 13.1. The summed E-state index contributed by atoms with van der Waals surface area (Å²) < 4.78 is 0. The van der Waals surface area contributed by atoms with E-state index in [0.29, 0.717) is 0 Å². The van der Waals surface area contributed by atoms with Gasteiger partial charge in [-0.05, 0) is 32.1 Å². The smallest absolute Gasteiger partial charge is 0.133 e. The zero-order valence-corrected chi connectivity index (χ0v) is 11.2. The van der Waals surface area contributed by atoms with Crippen LogP contribution in [0.5, 0.6) is 0 Å². The number of fused-ring (bicyclic) bond motifs is 1. The third kappa shape index (κ3) is 2.45. The van der Waals surface area contributed by atoms with Crippen molar-refractivity contribution in [2.75, 3.05) is 5.32 Å². The lowest BCUT2D eigenvalue weighted by Crippen LogP contribution is -2.16. The van der Waals surface area contributed by atoms with Crippen LogP contribution in [-0.2, 0) is 12.8 Å². The molecule has 3 rings (SSSR count). The Balaban J connectivity index is 1.86. The average Bonchev–Trinajstić information content (AvgIpc) is 2.99. The van der Waals surface area contributed by atoms with Gasteiger partial charge < -0.3 is 10.3 Å². The number of anilines is 1. The Morgan fingerprint density at radius 3 is 2.95 bits per heavy atom. The van der Waals surface area contributed by atoms with Crippen molar-refractivity contribution in [1.82, 2.24) is 19.9 Å². The summed E-state index contributed by atoms with van der Waals surface area (Å²) in [6.07, 6.45) is 10.9. The highest BCUT2D eigenvalue weighted by molar-refractivity contribution is 5.48.